The van der Waals surface area contributed by atoms with Gasteiger partial charge in [-0.25, -0.2) is 0 Å². The van der Waals surface area contributed by atoms with Crippen molar-refractivity contribution in [1.29, 1.82) is 0 Å². The molecule has 0 radical (unpaired) electrons. The van der Waals surface area contributed by atoms with Gasteiger partial charge in [-0.3, -0.25) is 4.79 Å². The van der Waals surface area contributed by atoms with Gasteiger partial charge in [0.1, 0.15) is 11.4 Å². The number of Topliss-reactive ketones (excluding diaryl/α,β-unsaturated/α-hetero) is 1. The van der Waals surface area contributed by atoms with Crippen LogP contribution in [0.5, 0.6) is 5.75 Å². The number of halogens is 3. The van der Waals surface area contributed by atoms with Crippen molar-refractivity contribution in [3.8, 4) is 17.0 Å². The van der Waals surface area contributed by atoms with Gasteiger partial charge < -0.3 is 10.0 Å². The van der Waals surface area contributed by atoms with E-state index in [4.69, 9.17) is 0 Å². The molecule has 1 aliphatic heterocycles. The fraction of sp³-hybridized carbons (Fsp3) is 0.476. The SMILES string of the molecule is Cc1c(C(=O)C2CCCN(C)C2)nnc(-c2ccc(C(F)(F)F)c(C)c2O)c1C. The molecule has 29 heavy (non-hydrogen) atoms. The predicted molar refractivity (Wildman–Crippen MR) is 103 cm³/mol. The second-order valence-electron chi connectivity index (χ2n) is 7.74. The molecule has 2 heterocycles. The number of phenols is 1. The summed E-state index contributed by atoms with van der Waals surface area (Å²) < 4.78 is 39.2. The second kappa shape index (κ2) is 7.74. The Kier molecular flexibility index (Phi) is 5.67. The lowest BCUT2D eigenvalue weighted by Crippen LogP contribution is -2.36. The minimum absolute atomic E-state index is 0.0657. The fourth-order valence-electron chi connectivity index (χ4n) is 3.87. The molecule has 1 fully saturated rings. The number of aromatic nitrogens is 2. The van der Waals surface area contributed by atoms with Crippen molar-refractivity contribution in [1.82, 2.24) is 15.1 Å². The molecule has 8 heteroatoms. The zero-order valence-electron chi connectivity index (χ0n) is 16.9. The standard InChI is InChI=1S/C21H24F3N3O2/c1-11-12(2)18(20(29)14-6-5-9-27(4)10-14)26-25-17(11)15-7-8-16(21(22,23)24)13(3)19(15)28/h7-8,14,28H,5-6,9-10H2,1-4H3. The predicted octanol–water partition coefficient (Wildman–Crippen LogP) is 4.32. The van der Waals surface area contributed by atoms with Crippen LogP contribution < -0.4 is 0 Å². The maximum atomic E-state index is 13.1. The molecule has 0 aliphatic carbocycles. The van der Waals surface area contributed by atoms with E-state index in [9.17, 15) is 23.1 Å². The number of piperidine rings is 1. The number of carbonyl (C=O) groups excluding carboxylic acids is 1. The molecule has 3 rings (SSSR count). The number of rotatable bonds is 3. The molecule has 1 N–H and O–H groups in total. The molecule has 1 unspecified atom stereocenters. The minimum Gasteiger partial charge on any atom is -0.507 e. The van der Waals surface area contributed by atoms with Crippen LogP contribution in [-0.2, 0) is 6.18 Å². The molecule has 2 aromatic rings. The van der Waals surface area contributed by atoms with Crippen molar-refractivity contribution >= 4 is 5.78 Å². The minimum atomic E-state index is -4.56. The van der Waals surface area contributed by atoms with E-state index >= 15 is 0 Å². The quantitative estimate of drug-likeness (QED) is 0.768. The Morgan fingerprint density at radius 3 is 2.45 bits per heavy atom. The smallest absolute Gasteiger partial charge is 0.416 e. The molecule has 5 nitrogen and oxygen atoms in total. The average Bonchev–Trinajstić information content (AvgIpc) is 2.65. The van der Waals surface area contributed by atoms with Crippen molar-refractivity contribution in [2.24, 2.45) is 5.92 Å². The van der Waals surface area contributed by atoms with E-state index in [2.05, 4.69) is 15.1 Å². The Bertz CT molecular complexity index is 957. The third-order valence-electron chi connectivity index (χ3n) is 5.74. The first-order valence-electron chi connectivity index (χ1n) is 9.49. The number of benzene rings is 1. The van der Waals surface area contributed by atoms with Gasteiger partial charge in [0.25, 0.3) is 0 Å². The molecule has 0 bridgehead atoms. The van der Waals surface area contributed by atoms with Crippen LogP contribution in [-0.4, -0.2) is 46.1 Å². The van der Waals surface area contributed by atoms with Gasteiger partial charge in [-0.05, 0) is 70.5 Å². The molecular weight excluding hydrogens is 383 g/mol. The van der Waals surface area contributed by atoms with Crippen LogP contribution in [0.3, 0.4) is 0 Å². The number of nitrogens with zero attached hydrogens (tertiary/aromatic N) is 3. The maximum Gasteiger partial charge on any atom is 0.416 e. The van der Waals surface area contributed by atoms with E-state index in [1.807, 2.05) is 7.05 Å². The fourth-order valence-corrected chi connectivity index (χ4v) is 3.87. The third-order valence-corrected chi connectivity index (χ3v) is 5.74. The van der Waals surface area contributed by atoms with Crippen LogP contribution in [0.2, 0.25) is 0 Å². The largest absolute Gasteiger partial charge is 0.507 e. The monoisotopic (exact) mass is 407 g/mol. The van der Waals surface area contributed by atoms with Gasteiger partial charge >= 0.3 is 6.18 Å². The molecule has 1 saturated heterocycles. The first-order valence-corrected chi connectivity index (χ1v) is 9.49. The second-order valence-corrected chi connectivity index (χ2v) is 7.74. The van der Waals surface area contributed by atoms with E-state index < -0.39 is 17.5 Å². The molecule has 0 spiro atoms. The van der Waals surface area contributed by atoms with Gasteiger partial charge in [0.2, 0.25) is 0 Å². The first-order chi connectivity index (χ1) is 13.5. The lowest BCUT2D eigenvalue weighted by atomic mass is 9.89. The number of carbonyl (C=O) groups is 1. The number of hydrogen-bond acceptors (Lipinski definition) is 5. The first kappa shape index (κ1) is 21.2. The molecule has 0 amide bonds. The molecule has 1 atom stereocenters. The van der Waals surface area contributed by atoms with Crippen molar-refractivity contribution in [2.45, 2.75) is 39.8 Å². The summed E-state index contributed by atoms with van der Waals surface area (Å²) in [6.07, 6.45) is -2.82. The molecule has 0 saturated carbocycles. The van der Waals surface area contributed by atoms with Gasteiger partial charge in [-0.2, -0.15) is 13.2 Å². The summed E-state index contributed by atoms with van der Waals surface area (Å²) in [4.78, 5) is 15.0. The Labute approximate surface area is 167 Å². The zero-order valence-corrected chi connectivity index (χ0v) is 16.9. The van der Waals surface area contributed by atoms with Crippen LogP contribution >= 0.6 is 0 Å². The zero-order chi connectivity index (χ0) is 21.5. The van der Waals surface area contributed by atoms with Crippen molar-refractivity contribution in [3.63, 3.8) is 0 Å². The topological polar surface area (TPSA) is 66.3 Å². The highest BCUT2D eigenvalue weighted by Gasteiger charge is 2.34. The maximum absolute atomic E-state index is 13.1. The normalized spacial score (nSPS) is 18.1. The summed E-state index contributed by atoms with van der Waals surface area (Å²) in [7, 11) is 1.97. The highest BCUT2D eigenvalue weighted by Crippen LogP contribution is 2.41. The van der Waals surface area contributed by atoms with Gasteiger partial charge in [0.15, 0.2) is 5.78 Å². The number of hydrogen-bond donors (Lipinski definition) is 1. The molecular formula is C21H24F3N3O2. The number of likely N-dealkylation sites (tertiary alicyclic amines) is 1. The summed E-state index contributed by atoms with van der Waals surface area (Å²) in [5, 5.41) is 18.6. The van der Waals surface area contributed by atoms with Crippen molar-refractivity contribution in [2.75, 3.05) is 20.1 Å². The molecule has 1 aromatic carbocycles. The van der Waals surface area contributed by atoms with Crippen molar-refractivity contribution < 1.29 is 23.1 Å². The van der Waals surface area contributed by atoms with E-state index in [0.717, 1.165) is 25.5 Å². The van der Waals surface area contributed by atoms with E-state index in [-0.39, 0.29) is 34.2 Å². The van der Waals surface area contributed by atoms with E-state index in [1.165, 1.54) is 13.0 Å². The summed E-state index contributed by atoms with van der Waals surface area (Å²) in [5.41, 5.74) is 0.810. The summed E-state index contributed by atoms with van der Waals surface area (Å²) in [6.45, 7) is 6.32. The highest BCUT2D eigenvalue weighted by atomic mass is 19.4. The molecule has 156 valence electrons. The highest BCUT2D eigenvalue weighted by molar-refractivity contribution is 5.98. The average molecular weight is 407 g/mol. The van der Waals surface area contributed by atoms with E-state index in [1.54, 1.807) is 13.8 Å². The van der Waals surface area contributed by atoms with Gasteiger partial charge in [0, 0.05) is 23.6 Å². The molecule has 1 aliphatic rings. The van der Waals surface area contributed by atoms with Crippen molar-refractivity contribution in [3.05, 3.63) is 40.1 Å². The lowest BCUT2D eigenvalue weighted by Gasteiger charge is -2.28. The number of alkyl halides is 3. The third kappa shape index (κ3) is 3.99. The summed E-state index contributed by atoms with van der Waals surface area (Å²) in [5.74, 6) is -0.692. The van der Waals surface area contributed by atoms with Crippen LogP contribution in [0.15, 0.2) is 12.1 Å². The number of ketones is 1. The molecule has 1 aromatic heterocycles. The van der Waals surface area contributed by atoms with Crippen LogP contribution in [0.4, 0.5) is 13.2 Å². The summed E-state index contributed by atoms with van der Waals surface area (Å²) in [6, 6.07) is 2.12. The number of aromatic hydroxyl groups is 1. The number of phenolic OH excluding ortho intramolecular Hbond substituents is 1. The summed E-state index contributed by atoms with van der Waals surface area (Å²) >= 11 is 0. The van der Waals surface area contributed by atoms with Gasteiger partial charge in [0.05, 0.1) is 11.3 Å². The van der Waals surface area contributed by atoms with E-state index in [0.29, 0.717) is 17.7 Å². The lowest BCUT2D eigenvalue weighted by molar-refractivity contribution is -0.138. The Hall–Kier alpha value is -2.48. The van der Waals surface area contributed by atoms with Gasteiger partial charge in [-0.1, -0.05) is 0 Å². The Morgan fingerprint density at radius 1 is 1.14 bits per heavy atom. The van der Waals surface area contributed by atoms with Crippen LogP contribution in [0.25, 0.3) is 11.3 Å². The Morgan fingerprint density at radius 2 is 1.83 bits per heavy atom. The van der Waals surface area contributed by atoms with Crippen LogP contribution in [0, 0.1) is 26.7 Å². The van der Waals surface area contributed by atoms with Crippen LogP contribution in [0.1, 0.15) is 45.6 Å². The van der Waals surface area contributed by atoms with Gasteiger partial charge in [-0.15, -0.1) is 10.2 Å². The Balaban J connectivity index is 2.00.